The topological polar surface area (TPSA) is 72.5 Å². The van der Waals surface area contributed by atoms with Crippen LogP contribution in [0.1, 0.15) is 32.2 Å². The van der Waals surface area contributed by atoms with Crippen LogP contribution in [0.2, 0.25) is 0 Å². The van der Waals surface area contributed by atoms with Crippen LogP contribution in [-0.2, 0) is 5.41 Å². The van der Waals surface area contributed by atoms with E-state index in [2.05, 4.69) is 91.9 Å². The Morgan fingerprint density at radius 3 is 2.17 bits per heavy atom. The van der Waals surface area contributed by atoms with E-state index in [-0.39, 0.29) is 11.2 Å². The van der Waals surface area contributed by atoms with E-state index in [0.717, 1.165) is 72.5 Å². The number of hydrogen-bond acceptors (Lipinski definition) is 5. The van der Waals surface area contributed by atoms with E-state index in [1.807, 2.05) is 43.3 Å². The van der Waals surface area contributed by atoms with Crippen LogP contribution in [0.3, 0.4) is 0 Å². The smallest absolute Gasteiger partial charge is 0.169 e. The fraction of sp³-hybridized carbons (Fsp3) is 0.119. The number of aromatic hydroxyl groups is 1. The summed E-state index contributed by atoms with van der Waals surface area (Å²) in [6.45, 7) is 8.59. The van der Waals surface area contributed by atoms with Crippen molar-refractivity contribution in [3.8, 4) is 50.6 Å². The van der Waals surface area contributed by atoms with Crippen molar-refractivity contribution in [2.24, 2.45) is 0 Å². The third-order valence-corrected chi connectivity index (χ3v) is 8.89. The Hall–Kier alpha value is -6.01. The lowest BCUT2D eigenvalue weighted by atomic mass is 9.84. The van der Waals surface area contributed by atoms with Gasteiger partial charge in [0.25, 0.3) is 0 Å². The van der Waals surface area contributed by atoms with E-state index in [4.69, 9.17) is 19.7 Å². The second-order valence-corrected chi connectivity index (χ2v) is 13.1. The minimum absolute atomic E-state index is 0.0896. The Balaban J connectivity index is 1.45. The third-order valence-electron chi connectivity index (χ3n) is 8.89. The van der Waals surface area contributed by atoms with E-state index in [1.165, 1.54) is 0 Å². The van der Waals surface area contributed by atoms with Gasteiger partial charge in [-0.3, -0.25) is 9.38 Å². The summed E-state index contributed by atoms with van der Waals surface area (Å²) in [6, 6.07) is 40.6. The molecule has 6 nitrogen and oxygen atoms in total. The molecule has 0 unspecified atom stereocenters. The summed E-state index contributed by atoms with van der Waals surface area (Å²) in [5.41, 5.74) is 11.4. The normalized spacial score (nSPS) is 11.8. The van der Waals surface area contributed by atoms with Crippen LogP contribution in [0.25, 0.3) is 61.1 Å². The highest BCUT2D eigenvalue weighted by Gasteiger charge is 2.23. The average molecular weight is 627 g/mol. The molecule has 0 aliphatic carbocycles. The Morgan fingerprint density at radius 1 is 0.646 bits per heavy atom. The maximum Gasteiger partial charge on any atom is 0.169 e. The Kier molecular flexibility index (Phi) is 6.95. The molecule has 0 aliphatic heterocycles. The van der Waals surface area contributed by atoms with E-state index in [9.17, 15) is 5.11 Å². The number of fused-ring (bicyclic) bond motifs is 5. The second kappa shape index (κ2) is 11.4. The molecule has 1 N–H and O–H groups in total. The molecule has 6 heteroatoms. The summed E-state index contributed by atoms with van der Waals surface area (Å²) in [7, 11) is 0. The maximum absolute atomic E-state index is 10.5. The number of hydrogen-bond donors (Lipinski definition) is 1. The zero-order valence-electron chi connectivity index (χ0n) is 27.3. The molecule has 0 spiro atoms. The van der Waals surface area contributed by atoms with Crippen molar-refractivity contribution in [2.75, 3.05) is 0 Å². The van der Waals surface area contributed by atoms with Crippen LogP contribution < -0.4 is 4.74 Å². The minimum atomic E-state index is -0.167. The third kappa shape index (κ3) is 5.03. The van der Waals surface area contributed by atoms with Gasteiger partial charge in [0.15, 0.2) is 17.1 Å². The minimum Gasteiger partial charge on any atom is -0.504 e. The van der Waals surface area contributed by atoms with Gasteiger partial charge >= 0.3 is 0 Å². The largest absolute Gasteiger partial charge is 0.504 e. The lowest BCUT2D eigenvalue weighted by Crippen LogP contribution is -2.11. The lowest BCUT2D eigenvalue weighted by Gasteiger charge is -2.22. The summed E-state index contributed by atoms with van der Waals surface area (Å²) >= 11 is 0. The highest BCUT2D eigenvalue weighted by atomic mass is 16.5. The number of pyridine rings is 1. The number of aromatic nitrogens is 4. The van der Waals surface area contributed by atoms with Crippen molar-refractivity contribution in [1.82, 2.24) is 19.4 Å². The first kappa shape index (κ1) is 29.4. The molecule has 0 atom stereocenters. The molecule has 234 valence electrons. The van der Waals surface area contributed by atoms with Crippen LogP contribution in [0.4, 0.5) is 0 Å². The van der Waals surface area contributed by atoms with Gasteiger partial charge in [0.1, 0.15) is 17.1 Å². The monoisotopic (exact) mass is 626 g/mol. The zero-order chi connectivity index (χ0) is 33.0. The van der Waals surface area contributed by atoms with Crippen molar-refractivity contribution in [3.63, 3.8) is 0 Å². The fourth-order valence-electron chi connectivity index (χ4n) is 6.49. The van der Waals surface area contributed by atoms with Gasteiger partial charge in [-0.15, -0.1) is 0 Å². The molecule has 3 heterocycles. The van der Waals surface area contributed by atoms with Crippen LogP contribution in [-0.4, -0.2) is 24.5 Å². The summed E-state index contributed by atoms with van der Waals surface area (Å²) in [5, 5.41) is 10.5. The first-order chi connectivity index (χ1) is 23.3. The van der Waals surface area contributed by atoms with Crippen molar-refractivity contribution < 1.29 is 9.84 Å². The molecule has 8 aromatic rings. The molecule has 0 aliphatic rings. The maximum atomic E-state index is 10.5. The van der Waals surface area contributed by atoms with Gasteiger partial charge in [-0.05, 0) is 76.6 Å². The molecular formula is C42H34N4O2. The number of nitrogens with zero attached hydrogens (tertiary/aromatic N) is 4. The van der Waals surface area contributed by atoms with Gasteiger partial charge in [-0.2, -0.15) is 0 Å². The standard InChI is InChI=1S/C42H34N4O2/c1-26-44-35-17-12-22-43-39(35)41-45-38-32(28-23-29(42(2,3)4)25-30(24-28)48-37-19-11-10-18-36(37)47)20-21-34(40(38)46(26)41)33-16-9-8-15-31(33)27-13-6-5-7-14-27/h5-25,47H,1-4H3. The number of imidazole rings is 1. The summed E-state index contributed by atoms with van der Waals surface area (Å²) in [6.07, 6.45) is 1.79. The van der Waals surface area contributed by atoms with Crippen LogP contribution in [0.15, 0.2) is 128 Å². The summed E-state index contributed by atoms with van der Waals surface area (Å²) in [4.78, 5) is 15.1. The molecular weight excluding hydrogens is 592 g/mol. The number of para-hydroxylation sites is 2. The second-order valence-electron chi connectivity index (χ2n) is 13.1. The van der Waals surface area contributed by atoms with Crippen molar-refractivity contribution >= 4 is 27.7 Å². The Morgan fingerprint density at radius 2 is 1.38 bits per heavy atom. The first-order valence-corrected chi connectivity index (χ1v) is 16.1. The van der Waals surface area contributed by atoms with Gasteiger partial charge in [0.05, 0.1) is 16.6 Å². The highest BCUT2D eigenvalue weighted by molar-refractivity contribution is 6.07. The predicted molar refractivity (Wildman–Crippen MR) is 194 cm³/mol. The lowest BCUT2D eigenvalue weighted by molar-refractivity contribution is 0.410. The molecule has 48 heavy (non-hydrogen) atoms. The zero-order valence-corrected chi connectivity index (χ0v) is 27.3. The summed E-state index contributed by atoms with van der Waals surface area (Å²) < 4.78 is 8.47. The molecule has 8 rings (SSSR count). The number of benzene rings is 5. The summed E-state index contributed by atoms with van der Waals surface area (Å²) in [5.74, 6) is 1.96. The molecule has 0 bridgehead atoms. The van der Waals surface area contributed by atoms with Crippen molar-refractivity contribution in [1.29, 1.82) is 0 Å². The van der Waals surface area contributed by atoms with Gasteiger partial charge in [0, 0.05) is 17.3 Å². The Bertz CT molecular complexity index is 2490. The van der Waals surface area contributed by atoms with Crippen LogP contribution >= 0.6 is 0 Å². The van der Waals surface area contributed by atoms with Gasteiger partial charge in [0.2, 0.25) is 0 Å². The number of phenols is 1. The van der Waals surface area contributed by atoms with Gasteiger partial charge in [-0.25, -0.2) is 9.97 Å². The SMILES string of the molecule is Cc1nc2cccnc2c2nc3c(-c4cc(Oc5ccccc5O)cc(C(C)(C)C)c4)ccc(-c4ccccc4-c4ccccc4)c3n12. The molecule has 3 aromatic heterocycles. The number of rotatable bonds is 5. The number of phenolic OH excluding ortho intramolecular Hbond substituents is 1. The molecule has 0 radical (unpaired) electrons. The number of ether oxygens (including phenoxy) is 1. The molecule has 0 saturated heterocycles. The van der Waals surface area contributed by atoms with E-state index in [0.29, 0.717) is 11.5 Å². The first-order valence-electron chi connectivity index (χ1n) is 16.1. The number of aryl methyl sites for hydroxylation is 1. The highest BCUT2D eigenvalue weighted by Crippen LogP contribution is 2.43. The predicted octanol–water partition coefficient (Wildman–Crippen LogP) is 10.5. The van der Waals surface area contributed by atoms with E-state index >= 15 is 0 Å². The van der Waals surface area contributed by atoms with Crippen LogP contribution in [0.5, 0.6) is 17.2 Å². The van der Waals surface area contributed by atoms with Crippen molar-refractivity contribution in [2.45, 2.75) is 33.1 Å². The average Bonchev–Trinajstić information content (AvgIpc) is 3.51. The van der Waals surface area contributed by atoms with Crippen molar-refractivity contribution in [3.05, 3.63) is 139 Å². The van der Waals surface area contributed by atoms with E-state index in [1.54, 1.807) is 24.4 Å². The molecule has 0 saturated carbocycles. The Labute approximate surface area is 279 Å². The molecule has 0 fully saturated rings. The van der Waals surface area contributed by atoms with Gasteiger partial charge < -0.3 is 9.84 Å². The molecule has 5 aromatic carbocycles. The van der Waals surface area contributed by atoms with Crippen LogP contribution in [0, 0.1) is 6.92 Å². The van der Waals surface area contributed by atoms with E-state index < -0.39 is 0 Å². The van der Waals surface area contributed by atoms with Gasteiger partial charge in [-0.1, -0.05) is 106 Å². The quantitative estimate of drug-likeness (QED) is 0.206. The molecule has 0 amide bonds. The fourth-order valence-corrected chi connectivity index (χ4v) is 6.49.